The predicted molar refractivity (Wildman–Crippen MR) is 69.9 cm³/mol. The van der Waals surface area contributed by atoms with Crippen molar-refractivity contribution in [3.63, 3.8) is 0 Å². The zero-order valence-corrected chi connectivity index (χ0v) is 11.4. The topological polar surface area (TPSA) is 64.7 Å². The van der Waals surface area contributed by atoms with E-state index in [1.54, 1.807) is 32.9 Å². The summed E-state index contributed by atoms with van der Waals surface area (Å²) in [5, 5.41) is 9.56. The number of rotatable bonds is 5. The summed E-state index contributed by atoms with van der Waals surface area (Å²) >= 11 is 1.57. The summed E-state index contributed by atoms with van der Waals surface area (Å²) in [5.74, 6) is 1.41. The molecule has 0 aliphatic heterocycles. The molecule has 3 N–H and O–H groups in total. The molecular weight excluding hydrogens is 238 g/mol. The van der Waals surface area contributed by atoms with Crippen molar-refractivity contribution in [2.45, 2.75) is 24.0 Å². The van der Waals surface area contributed by atoms with Crippen molar-refractivity contribution >= 4 is 11.8 Å². The Hall–Kier alpha value is -0.910. The first-order valence-corrected chi connectivity index (χ1v) is 6.51. The van der Waals surface area contributed by atoms with Gasteiger partial charge >= 0.3 is 0 Å². The van der Waals surface area contributed by atoms with Crippen molar-refractivity contribution < 1.29 is 14.6 Å². The summed E-state index contributed by atoms with van der Waals surface area (Å²) < 4.78 is 10.6. The summed E-state index contributed by atoms with van der Waals surface area (Å²) in [7, 11) is 3.20. The monoisotopic (exact) mass is 257 g/mol. The van der Waals surface area contributed by atoms with Crippen LogP contribution in [0, 0.1) is 0 Å². The van der Waals surface area contributed by atoms with Gasteiger partial charge in [-0.3, -0.25) is 0 Å². The van der Waals surface area contributed by atoms with E-state index in [1.807, 2.05) is 18.4 Å². The Bertz CT molecular complexity index is 382. The van der Waals surface area contributed by atoms with Gasteiger partial charge < -0.3 is 20.3 Å². The summed E-state index contributed by atoms with van der Waals surface area (Å²) in [6.07, 6.45) is 1.32. The first-order chi connectivity index (χ1) is 8.04. The largest absolute Gasteiger partial charge is 0.496 e. The van der Waals surface area contributed by atoms with Crippen LogP contribution in [-0.4, -0.2) is 31.7 Å². The molecule has 1 aromatic carbocycles. The van der Waals surface area contributed by atoms with Crippen LogP contribution in [0.25, 0.3) is 0 Å². The highest BCUT2D eigenvalue weighted by Crippen LogP contribution is 2.37. The van der Waals surface area contributed by atoms with Gasteiger partial charge in [-0.1, -0.05) is 0 Å². The Morgan fingerprint density at radius 2 is 1.82 bits per heavy atom. The molecule has 0 spiro atoms. The number of benzene rings is 1. The predicted octanol–water partition coefficient (Wildman–Crippen LogP) is 1.81. The third-order valence-electron chi connectivity index (χ3n) is 2.61. The van der Waals surface area contributed by atoms with Crippen molar-refractivity contribution in [3.8, 4) is 11.5 Å². The molecule has 0 aromatic heterocycles. The van der Waals surface area contributed by atoms with Crippen LogP contribution >= 0.6 is 11.8 Å². The molecule has 1 rings (SSSR count). The molecule has 17 heavy (non-hydrogen) atoms. The maximum Gasteiger partial charge on any atom is 0.133 e. The van der Waals surface area contributed by atoms with Gasteiger partial charge in [0.2, 0.25) is 0 Å². The summed E-state index contributed by atoms with van der Waals surface area (Å²) in [5.41, 5.74) is 6.68. The molecular formula is C12H19NO3S. The van der Waals surface area contributed by atoms with Crippen LogP contribution in [0.15, 0.2) is 17.0 Å². The zero-order chi connectivity index (χ0) is 13.0. The Kier molecular flexibility index (Phi) is 5.11. The van der Waals surface area contributed by atoms with E-state index in [-0.39, 0.29) is 0 Å². The van der Waals surface area contributed by atoms with Crippen molar-refractivity contribution in [1.82, 2.24) is 0 Å². The number of ether oxygens (including phenoxy) is 2. The molecule has 0 saturated heterocycles. The quantitative estimate of drug-likeness (QED) is 0.788. The average Bonchev–Trinajstić information content (AvgIpc) is 2.35. The molecule has 2 unspecified atom stereocenters. The maximum absolute atomic E-state index is 9.56. The molecule has 0 amide bonds. The molecule has 4 nitrogen and oxygen atoms in total. The molecule has 96 valence electrons. The van der Waals surface area contributed by atoms with Gasteiger partial charge in [-0.15, -0.1) is 11.8 Å². The first kappa shape index (κ1) is 14.2. The Labute approximate surface area is 106 Å². The highest BCUT2D eigenvalue weighted by Gasteiger charge is 2.19. The van der Waals surface area contributed by atoms with E-state index < -0.39 is 12.1 Å². The van der Waals surface area contributed by atoms with Crippen molar-refractivity contribution in [3.05, 3.63) is 17.7 Å². The maximum atomic E-state index is 9.56. The molecule has 5 heteroatoms. The minimum atomic E-state index is -0.645. The number of aliphatic hydroxyl groups is 1. The van der Waals surface area contributed by atoms with Crippen LogP contribution in [0.3, 0.4) is 0 Å². The lowest BCUT2D eigenvalue weighted by molar-refractivity contribution is 0.162. The fourth-order valence-corrected chi connectivity index (χ4v) is 2.14. The molecule has 0 saturated carbocycles. The van der Waals surface area contributed by atoms with E-state index in [1.165, 1.54) is 0 Å². The molecule has 0 aliphatic carbocycles. The number of aliphatic hydroxyl groups excluding tert-OH is 1. The lowest BCUT2D eigenvalue weighted by atomic mass is 10.0. The fraction of sp³-hybridized carbons (Fsp3) is 0.500. The fourth-order valence-electron chi connectivity index (χ4n) is 1.57. The summed E-state index contributed by atoms with van der Waals surface area (Å²) in [4.78, 5) is 0.978. The van der Waals surface area contributed by atoms with Gasteiger partial charge in [0.05, 0.1) is 31.3 Å². The number of nitrogens with two attached hydrogens (primary N) is 1. The highest BCUT2D eigenvalue weighted by atomic mass is 32.2. The second-order valence-electron chi connectivity index (χ2n) is 3.72. The smallest absolute Gasteiger partial charge is 0.133 e. The van der Waals surface area contributed by atoms with E-state index in [0.29, 0.717) is 5.75 Å². The van der Waals surface area contributed by atoms with Crippen LogP contribution in [-0.2, 0) is 0 Å². The lowest BCUT2D eigenvalue weighted by Gasteiger charge is -2.20. The van der Waals surface area contributed by atoms with Crippen LogP contribution in [0.2, 0.25) is 0 Å². The van der Waals surface area contributed by atoms with E-state index in [9.17, 15) is 5.11 Å². The van der Waals surface area contributed by atoms with Gasteiger partial charge in [0, 0.05) is 5.56 Å². The standard InChI is InChI=1S/C12H19NO3S/c1-7(14)12(13)8-5-10(16-3)11(17-4)6-9(8)15-2/h5-7,12,14H,13H2,1-4H3. The first-order valence-electron chi connectivity index (χ1n) is 5.28. The van der Waals surface area contributed by atoms with E-state index in [4.69, 9.17) is 15.2 Å². The average molecular weight is 257 g/mol. The Morgan fingerprint density at radius 1 is 1.24 bits per heavy atom. The highest BCUT2D eigenvalue weighted by molar-refractivity contribution is 7.98. The molecule has 0 heterocycles. The van der Waals surface area contributed by atoms with Crippen LogP contribution in [0.1, 0.15) is 18.5 Å². The molecule has 0 aliphatic rings. The minimum absolute atomic E-state index is 0.491. The van der Waals surface area contributed by atoms with E-state index in [2.05, 4.69) is 0 Å². The van der Waals surface area contributed by atoms with Crippen molar-refractivity contribution in [2.75, 3.05) is 20.5 Å². The number of methoxy groups -OCH3 is 2. The summed E-state index contributed by atoms with van der Waals surface area (Å²) in [6.45, 7) is 1.65. The van der Waals surface area contributed by atoms with Crippen LogP contribution in [0.5, 0.6) is 11.5 Å². The lowest BCUT2D eigenvalue weighted by Crippen LogP contribution is -2.23. The van der Waals surface area contributed by atoms with Gasteiger partial charge in [0.15, 0.2) is 0 Å². The van der Waals surface area contributed by atoms with Gasteiger partial charge in [-0.25, -0.2) is 0 Å². The van der Waals surface area contributed by atoms with Gasteiger partial charge in [0.25, 0.3) is 0 Å². The molecule has 0 bridgehead atoms. The van der Waals surface area contributed by atoms with E-state index >= 15 is 0 Å². The van der Waals surface area contributed by atoms with Gasteiger partial charge in [-0.05, 0) is 25.3 Å². The molecule has 2 atom stereocenters. The minimum Gasteiger partial charge on any atom is -0.496 e. The third kappa shape index (κ3) is 3.06. The van der Waals surface area contributed by atoms with Crippen molar-refractivity contribution in [2.24, 2.45) is 5.73 Å². The Morgan fingerprint density at radius 3 is 2.24 bits per heavy atom. The van der Waals surface area contributed by atoms with E-state index in [0.717, 1.165) is 16.2 Å². The molecule has 0 radical (unpaired) electrons. The van der Waals surface area contributed by atoms with Gasteiger partial charge in [-0.2, -0.15) is 0 Å². The second-order valence-corrected chi connectivity index (χ2v) is 4.56. The molecule has 0 fully saturated rings. The third-order valence-corrected chi connectivity index (χ3v) is 3.37. The number of hydrogen-bond acceptors (Lipinski definition) is 5. The Balaban J connectivity index is 3.28. The number of hydrogen-bond donors (Lipinski definition) is 2. The SMILES string of the molecule is COc1cc(C(N)C(C)O)c(OC)cc1SC. The zero-order valence-electron chi connectivity index (χ0n) is 10.6. The van der Waals surface area contributed by atoms with Crippen LogP contribution in [0.4, 0.5) is 0 Å². The van der Waals surface area contributed by atoms with Crippen molar-refractivity contribution in [1.29, 1.82) is 0 Å². The second kappa shape index (κ2) is 6.14. The molecule has 1 aromatic rings. The van der Waals surface area contributed by atoms with Crippen LogP contribution < -0.4 is 15.2 Å². The normalized spacial score (nSPS) is 14.2. The number of thioether (sulfide) groups is 1. The summed E-state index contributed by atoms with van der Waals surface area (Å²) in [6, 6.07) is 3.21. The van der Waals surface area contributed by atoms with Gasteiger partial charge in [0.1, 0.15) is 11.5 Å².